The maximum atomic E-state index is 13.5. The van der Waals surface area contributed by atoms with E-state index in [1.807, 2.05) is 44.2 Å². The maximum absolute atomic E-state index is 13.5. The van der Waals surface area contributed by atoms with Crippen molar-refractivity contribution < 1.29 is 18.3 Å². The SMILES string of the molecule is Cc1ccc(-n2c(=O)c3ccccc3n3c(SCC(=O)c4ccc(OC(F)F)cc4)nnc23)c(C)c1. The van der Waals surface area contributed by atoms with Gasteiger partial charge in [0, 0.05) is 5.56 Å². The van der Waals surface area contributed by atoms with Crippen molar-refractivity contribution in [2.24, 2.45) is 0 Å². The molecule has 0 radical (unpaired) electrons. The Kier molecular flexibility index (Phi) is 6.27. The zero-order chi connectivity index (χ0) is 25.4. The van der Waals surface area contributed by atoms with Gasteiger partial charge in [0.05, 0.1) is 22.3 Å². The molecule has 0 aliphatic carbocycles. The van der Waals surface area contributed by atoms with Gasteiger partial charge in [0.2, 0.25) is 5.78 Å². The number of thioether (sulfide) groups is 1. The van der Waals surface area contributed by atoms with E-state index in [1.165, 1.54) is 40.6 Å². The first-order valence-electron chi connectivity index (χ1n) is 11.0. The fourth-order valence-corrected chi connectivity index (χ4v) is 4.92. The van der Waals surface area contributed by atoms with E-state index in [0.717, 1.165) is 11.1 Å². The number of aromatic nitrogens is 4. The lowest BCUT2D eigenvalue weighted by Crippen LogP contribution is -2.22. The molecule has 5 rings (SSSR count). The number of halogens is 2. The summed E-state index contributed by atoms with van der Waals surface area (Å²) in [5.41, 5.74) is 3.47. The van der Waals surface area contributed by atoms with Crippen LogP contribution in [0.3, 0.4) is 0 Å². The second kappa shape index (κ2) is 9.54. The molecular weight excluding hydrogens is 486 g/mol. The molecule has 0 spiro atoms. The van der Waals surface area contributed by atoms with E-state index >= 15 is 0 Å². The molecule has 36 heavy (non-hydrogen) atoms. The third kappa shape index (κ3) is 4.35. The highest BCUT2D eigenvalue weighted by molar-refractivity contribution is 7.99. The molecule has 2 aromatic heterocycles. The standard InChI is InChI=1S/C26H20F2N4O3S/c1-15-7-12-20(16(2)13-15)31-23(34)19-5-3-4-6-21(19)32-25(31)29-30-26(32)36-14-22(33)17-8-10-18(11-9-17)35-24(27)28/h3-13,24H,14H2,1-2H3. The number of rotatable bonds is 7. The van der Waals surface area contributed by atoms with Gasteiger partial charge >= 0.3 is 6.61 Å². The Hall–Kier alpha value is -4.05. The number of carbonyl (C=O) groups excluding carboxylic acids is 1. The van der Waals surface area contributed by atoms with Gasteiger partial charge in [0.15, 0.2) is 10.9 Å². The summed E-state index contributed by atoms with van der Waals surface area (Å²) in [6.45, 7) is 0.986. The molecule has 0 bridgehead atoms. The first-order valence-corrected chi connectivity index (χ1v) is 12.0. The Morgan fingerprint density at radius 1 is 1.03 bits per heavy atom. The Labute approximate surface area is 208 Å². The van der Waals surface area contributed by atoms with Gasteiger partial charge in [-0.2, -0.15) is 8.78 Å². The van der Waals surface area contributed by atoms with Crippen molar-refractivity contribution in [3.05, 3.63) is 93.8 Å². The van der Waals surface area contributed by atoms with Crippen molar-refractivity contribution in [1.29, 1.82) is 0 Å². The fraction of sp³-hybridized carbons (Fsp3) is 0.154. The summed E-state index contributed by atoms with van der Waals surface area (Å²) in [4.78, 5) is 26.3. The second-order valence-electron chi connectivity index (χ2n) is 8.18. The van der Waals surface area contributed by atoms with Gasteiger partial charge in [0.25, 0.3) is 5.56 Å². The Morgan fingerprint density at radius 3 is 2.50 bits per heavy atom. The molecule has 0 unspecified atom stereocenters. The van der Waals surface area contributed by atoms with E-state index < -0.39 is 6.61 Å². The smallest absolute Gasteiger partial charge is 0.387 e. The van der Waals surface area contributed by atoms with E-state index in [-0.39, 0.29) is 22.8 Å². The maximum Gasteiger partial charge on any atom is 0.387 e. The first kappa shape index (κ1) is 23.7. The number of carbonyl (C=O) groups is 1. The molecule has 3 aromatic carbocycles. The largest absolute Gasteiger partial charge is 0.435 e. The van der Waals surface area contributed by atoms with Crippen LogP contribution < -0.4 is 10.3 Å². The van der Waals surface area contributed by atoms with Crippen LogP contribution in [0.5, 0.6) is 5.75 Å². The third-order valence-electron chi connectivity index (χ3n) is 5.72. The van der Waals surface area contributed by atoms with Crippen LogP contribution in [0.4, 0.5) is 8.78 Å². The predicted molar refractivity (Wildman–Crippen MR) is 134 cm³/mol. The number of nitrogens with zero attached hydrogens (tertiary/aromatic N) is 4. The van der Waals surface area contributed by atoms with Crippen molar-refractivity contribution in [1.82, 2.24) is 19.2 Å². The quantitative estimate of drug-likeness (QED) is 0.222. The van der Waals surface area contributed by atoms with Gasteiger partial charge in [-0.15, -0.1) is 10.2 Å². The van der Waals surface area contributed by atoms with Crippen LogP contribution in [0.25, 0.3) is 22.4 Å². The van der Waals surface area contributed by atoms with Crippen LogP contribution in [-0.4, -0.2) is 37.3 Å². The van der Waals surface area contributed by atoms with Crippen molar-refractivity contribution in [2.45, 2.75) is 25.6 Å². The summed E-state index contributed by atoms with van der Waals surface area (Å²) in [7, 11) is 0. The summed E-state index contributed by atoms with van der Waals surface area (Å²) in [6.07, 6.45) is 0. The number of Topliss-reactive ketones (excluding diaryl/α,β-unsaturated/α-hetero) is 1. The summed E-state index contributed by atoms with van der Waals surface area (Å²) < 4.78 is 32.4. The molecule has 0 fully saturated rings. The number of benzene rings is 3. The van der Waals surface area contributed by atoms with Crippen LogP contribution in [-0.2, 0) is 0 Å². The van der Waals surface area contributed by atoms with Crippen LogP contribution in [0.15, 0.2) is 76.7 Å². The van der Waals surface area contributed by atoms with E-state index in [9.17, 15) is 18.4 Å². The normalized spacial score (nSPS) is 11.5. The molecule has 0 atom stereocenters. The van der Waals surface area contributed by atoms with Crippen molar-refractivity contribution in [3.63, 3.8) is 0 Å². The van der Waals surface area contributed by atoms with Crippen LogP contribution in [0.1, 0.15) is 21.5 Å². The number of hydrogen-bond acceptors (Lipinski definition) is 6. The number of para-hydroxylation sites is 1. The first-order chi connectivity index (χ1) is 17.3. The summed E-state index contributed by atoms with van der Waals surface area (Å²) in [5.74, 6) is 0.141. The molecule has 0 saturated carbocycles. The molecule has 0 saturated heterocycles. The molecule has 0 aliphatic heterocycles. The Balaban J connectivity index is 1.54. The van der Waals surface area contributed by atoms with Crippen LogP contribution in [0.2, 0.25) is 0 Å². The second-order valence-corrected chi connectivity index (χ2v) is 9.12. The number of aryl methyl sites for hydroxylation is 2. The van der Waals surface area contributed by atoms with E-state index in [2.05, 4.69) is 14.9 Å². The van der Waals surface area contributed by atoms with Crippen molar-refractivity contribution in [2.75, 3.05) is 5.75 Å². The Morgan fingerprint density at radius 2 is 1.78 bits per heavy atom. The summed E-state index contributed by atoms with van der Waals surface area (Å²) in [6, 6.07) is 18.5. The van der Waals surface area contributed by atoms with Gasteiger partial charge in [-0.1, -0.05) is 41.6 Å². The highest BCUT2D eigenvalue weighted by Gasteiger charge is 2.20. The average molecular weight is 507 g/mol. The van der Waals surface area contributed by atoms with E-state index in [1.54, 1.807) is 16.5 Å². The summed E-state index contributed by atoms with van der Waals surface area (Å²) in [5, 5.41) is 9.55. The molecular formula is C26H20F2N4O3S. The Bertz CT molecular complexity index is 1660. The molecule has 7 nitrogen and oxygen atoms in total. The predicted octanol–water partition coefficient (Wildman–Crippen LogP) is 5.23. The minimum absolute atomic E-state index is 0.0199. The molecule has 0 aliphatic rings. The van der Waals surface area contributed by atoms with Crippen LogP contribution in [0, 0.1) is 13.8 Å². The van der Waals surface area contributed by atoms with E-state index in [4.69, 9.17) is 0 Å². The molecule has 0 amide bonds. The van der Waals surface area contributed by atoms with Gasteiger partial charge in [0.1, 0.15) is 5.75 Å². The molecule has 0 N–H and O–H groups in total. The number of ketones is 1. The average Bonchev–Trinajstić information content (AvgIpc) is 3.28. The molecule has 5 aromatic rings. The van der Waals surface area contributed by atoms with Crippen molar-refractivity contribution >= 4 is 34.2 Å². The minimum Gasteiger partial charge on any atom is -0.435 e. The monoisotopic (exact) mass is 506 g/mol. The van der Waals surface area contributed by atoms with Crippen LogP contribution >= 0.6 is 11.8 Å². The van der Waals surface area contributed by atoms with Gasteiger partial charge in [-0.05, 0) is 61.9 Å². The van der Waals surface area contributed by atoms with Crippen molar-refractivity contribution in [3.8, 4) is 11.4 Å². The number of ether oxygens (including phenoxy) is 1. The molecule has 10 heteroatoms. The van der Waals surface area contributed by atoms with Gasteiger partial charge < -0.3 is 4.74 Å². The zero-order valence-corrected chi connectivity index (χ0v) is 20.1. The third-order valence-corrected chi connectivity index (χ3v) is 6.65. The minimum atomic E-state index is -2.93. The molecule has 2 heterocycles. The highest BCUT2D eigenvalue weighted by atomic mass is 32.2. The highest BCUT2D eigenvalue weighted by Crippen LogP contribution is 2.25. The van der Waals surface area contributed by atoms with Gasteiger partial charge in [-0.25, -0.2) is 4.57 Å². The lowest BCUT2D eigenvalue weighted by atomic mass is 10.1. The lowest BCUT2D eigenvalue weighted by molar-refractivity contribution is -0.0498. The topological polar surface area (TPSA) is 78.5 Å². The van der Waals surface area contributed by atoms with Gasteiger partial charge in [-0.3, -0.25) is 14.0 Å². The molecule has 182 valence electrons. The lowest BCUT2D eigenvalue weighted by Gasteiger charge is -2.13. The fourth-order valence-electron chi connectivity index (χ4n) is 4.08. The number of alkyl halides is 2. The zero-order valence-electron chi connectivity index (χ0n) is 19.3. The summed E-state index contributed by atoms with van der Waals surface area (Å²) >= 11 is 1.18. The van der Waals surface area contributed by atoms with E-state index in [0.29, 0.717) is 33.1 Å². The number of hydrogen-bond donors (Lipinski definition) is 0. The number of fused-ring (bicyclic) bond motifs is 3.